The molecule has 1 heterocycles. The van der Waals surface area contributed by atoms with E-state index in [9.17, 15) is 9.59 Å². The van der Waals surface area contributed by atoms with Crippen LogP contribution in [0.3, 0.4) is 0 Å². The van der Waals surface area contributed by atoms with Crippen LogP contribution in [-0.2, 0) is 4.79 Å². The zero-order valence-electron chi connectivity index (χ0n) is 26.5. The molecule has 0 spiro atoms. The van der Waals surface area contributed by atoms with Crippen molar-refractivity contribution >= 4 is 23.1 Å². The van der Waals surface area contributed by atoms with Gasteiger partial charge in [-0.3, -0.25) is 14.5 Å². The van der Waals surface area contributed by atoms with E-state index in [0.717, 1.165) is 16.9 Å². The molecule has 46 heavy (non-hydrogen) atoms. The third kappa shape index (κ3) is 5.38. The van der Waals surface area contributed by atoms with Gasteiger partial charge in [-0.1, -0.05) is 36.4 Å². The maximum absolute atomic E-state index is 14.6. The highest BCUT2D eigenvalue weighted by Gasteiger charge is 2.42. The smallest absolute Gasteiger partial charge is 0.259 e. The molecule has 0 fully saturated rings. The molecule has 2 atom stereocenters. The van der Waals surface area contributed by atoms with Gasteiger partial charge in [-0.25, -0.2) is 0 Å². The number of fused-ring (bicyclic) bond motifs is 1. The minimum Gasteiger partial charge on any atom is -0.493 e. The lowest BCUT2D eigenvalue weighted by atomic mass is 9.78. The van der Waals surface area contributed by atoms with Gasteiger partial charge in [-0.05, 0) is 72.0 Å². The standard InChI is InChI=1S/C37H36N2O7/c1-42-30-16-15-23(19-31(30)43-2)24-17-27-34(29(40)18-24)35(25-20-32(44-3)36(46-5)33(21-25)45-4)39(28-14-10-9-13-26(28)38-27)37(41)22-11-7-6-8-12-22/h6-16,19-21,24,35,38H,17-18H2,1-5H3/t24-,35-/m1/s1. The second-order valence-electron chi connectivity index (χ2n) is 11.1. The number of amides is 1. The number of nitrogens with zero attached hydrogens (tertiary/aromatic N) is 1. The highest BCUT2D eigenvalue weighted by Crippen LogP contribution is 2.50. The number of para-hydroxylation sites is 2. The van der Waals surface area contributed by atoms with Gasteiger partial charge in [0.25, 0.3) is 5.91 Å². The molecule has 0 saturated carbocycles. The molecule has 236 valence electrons. The fourth-order valence-corrected chi connectivity index (χ4v) is 6.45. The van der Waals surface area contributed by atoms with Crippen molar-refractivity contribution in [2.45, 2.75) is 24.8 Å². The molecule has 9 nitrogen and oxygen atoms in total. The van der Waals surface area contributed by atoms with E-state index in [1.165, 1.54) is 7.11 Å². The van der Waals surface area contributed by atoms with E-state index >= 15 is 0 Å². The first-order valence-corrected chi connectivity index (χ1v) is 14.9. The first kappa shape index (κ1) is 30.6. The molecule has 1 aliphatic heterocycles. The Balaban J connectivity index is 1.59. The Hall–Kier alpha value is -5.44. The number of anilines is 2. The van der Waals surface area contributed by atoms with E-state index in [0.29, 0.717) is 57.6 Å². The summed E-state index contributed by atoms with van der Waals surface area (Å²) in [4.78, 5) is 30.8. The van der Waals surface area contributed by atoms with Crippen molar-refractivity contribution in [1.29, 1.82) is 0 Å². The van der Waals surface area contributed by atoms with Crippen LogP contribution in [0.25, 0.3) is 0 Å². The predicted molar refractivity (Wildman–Crippen MR) is 176 cm³/mol. The molecule has 1 aliphatic carbocycles. The molecule has 4 aromatic carbocycles. The summed E-state index contributed by atoms with van der Waals surface area (Å²) in [6.07, 6.45) is 0.764. The van der Waals surface area contributed by atoms with E-state index in [1.807, 2.05) is 72.8 Å². The van der Waals surface area contributed by atoms with Crippen molar-refractivity contribution in [3.8, 4) is 28.7 Å². The minimum absolute atomic E-state index is 0.0778. The minimum atomic E-state index is -0.814. The van der Waals surface area contributed by atoms with Crippen LogP contribution in [-0.4, -0.2) is 47.2 Å². The van der Waals surface area contributed by atoms with Crippen LogP contribution in [0.4, 0.5) is 11.4 Å². The van der Waals surface area contributed by atoms with Gasteiger partial charge < -0.3 is 29.0 Å². The summed E-state index contributed by atoms with van der Waals surface area (Å²) in [7, 11) is 7.82. The van der Waals surface area contributed by atoms with Gasteiger partial charge in [0, 0.05) is 23.3 Å². The van der Waals surface area contributed by atoms with Crippen molar-refractivity contribution in [3.05, 3.63) is 113 Å². The van der Waals surface area contributed by atoms with Crippen molar-refractivity contribution in [2.75, 3.05) is 45.8 Å². The highest BCUT2D eigenvalue weighted by atomic mass is 16.5. The molecule has 0 bridgehead atoms. The number of hydrogen-bond donors (Lipinski definition) is 1. The van der Waals surface area contributed by atoms with Crippen LogP contribution in [0.1, 0.15) is 46.3 Å². The normalized spacial score (nSPS) is 17.2. The van der Waals surface area contributed by atoms with Crippen molar-refractivity contribution < 1.29 is 33.3 Å². The SMILES string of the molecule is COc1ccc([C@H]2CC(=O)C3=C(C2)Nc2ccccc2N(C(=O)c2ccccc2)[C@@H]3c2cc(OC)c(OC)c(OC)c2)cc1OC. The van der Waals surface area contributed by atoms with Crippen LogP contribution < -0.4 is 33.9 Å². The highest BCUT2D eigenvalue weighted by molar-refractivity contribution is 6.12. The fraction of sp³-hybridized carbons (Fsp3) is 0.243. The van der Waals surface area contributed by atoms with Gasteiger partial charge in [0.2, 0.25) is 5.75 Å². The van der Waals surface area contributed by atoms with Gasteiger partial charge in [0.05, 0.1) is 53.0 Å². The van der Waals surface area contributed by atoms with E-state index in [-0.39, 0.29) is 24.0 Å². The summed E-state index contributed by atoms with van der Waals surface area (Å²) in [5.74, 6) is 2.00. The zero-order chi connectivity index (χ0) is 32.4. The average Bonchev–Trinajstić information content (AvgIpc) is 3.25. The third-order valence-corrected chi connectivity index (χ3v) is 8.61. The van der Waals surface area contributed by atoms with Crippen LogP contribution in [0.15, 0.2) is 96.2 Å². The number of ether oxygens (including phenoxy) is 5. The Kier molecular flexibility index (Phi) is 8.57. The molecule has 1 N–H and O–H groups in total. The number of nitrogens with one attached hydrogen (secondary N) is 1. The molecular weight excluding hydrogens is 584 g/mol. The van der Waals surface area contributed by atoms with Crippen LogP contribution in [0, 0.1) is 0 Å². The number of hydrogen-bond acceptors (Lipinski definition) is 8. The van der Waals surface area contributed by atoms with Gasteiger partial charge in [0.1, 0.15) is 0 Å². The van der Waals surface area contributed by atoms with E-state index in [4.69, 9.17) is 23.7 Å². The van der Waals surface area contributed by atoms with Crippen molar-refractivity contribution in [1.82, 2.24) is 0 Å². The summed E-state index contributed by atoms with van der Waals surface area (Å²) in [5.41, 5.74) is 4.69. The number of carbonyl (C=O) groups is 2. The quantitative estimate of drug-likeness (QED) is 0.226. The number of Topliss-reactive ketones (excluding diaryl/α,β-unsaturated/α-hetero) is 1. The van der Waals surface area contributed by atoms with E-state index < -0.39 is 6.04 Å². The summed E-state index contributed by atoms with van der Waals surface area (Å²) >= 11 is 0. The third-order valence-electron chi connectivity index (χ3n) is 8.61. The summed E-state index contributed by atoms with van der Waals surface area (Å²) < 4.78 is 28.1. The topological polar surface area (TPSA) is 95.6 Å². The van der Waals surface area contributed by atoms with Crippen LogP contribution in [0.2, 0.25) is 0 Å². The van der Waals surface area contributed by atoms with Crippen molar-refractivity contribution in [2.24, 2.45) is 0 Å². The Morgan fingerprint density at radius 3 is 1.98 bits per heavy atom. The number of carbonyl (C=O) groups excluding carboxylic acids is 2. The first-order chi connectivity index (χ1) is 22.4. The monoisotopic (exact) mass is 620 g/mol. The Bertz CT molecular complexity index is 1790. The number of methoxy groups -OCH3 is 5. The van der Waals surface area contributed by atoms with Gasteiger partial charge in [0.15, 0.2) is 28.8 Å². The average molecular weight is 621 g/mol. The summed E-state index contributed by atoms with van der Waals surface area (Å²) in [6.45, 7) is 0. The van der Waals surface area contributed by atoms with Gasteiger partial charge in [-0.15, -0.1) is 0 Å². The molecule has 0 radical (unpaired) electrons. The molecular formula is C37H36N2O7. The van der Waals surface area contributed by atoms with E-state index in [1.54, 1.807) is 45.5 Å². The largest absolute Gasteiger partial charge is 0.493 e. The number of ketones is 1. The van der Waals surface area contributed by atoms with Crippen LogP contribution >= 0.6 is 0 Å². The molecule has 1 amide bonds. The molecule has 2 aliphatic rings. The lowest BCUT2D eigenvalue weighted by Crippen LogP contribution is -2.38. The second-order valence-corrected chi connectivity index (χ2v) is 11.1. The number of benzene rings is 4. The molecule has 0 saturated heterocycles. The molecule has 6 rings (SSSR count). The summed E-state index contributed by atoms with van der Waals surface area (Å²) in [5, 5.41) is 3.58. The molecule has 0 unspecified atom stereocenters. The Morgan fingerprint density at radius 1 is 0.696 bits per heavy atom. The molecule has 0 aromatic heterocycles. The first-order valence-electron chi connectivity index (χ1n) is 14.9. The molecule has 9 heteroatoms. The Labute approximate surface area is 268 Å². The maximum Gasteiger partial charge on any atom is 0.259 e. The van der Waals surface area contributed by atoms with Crippen molar-refractivity contribution in [3.63, 3.8) is 0 Å². The number of rotatable bonds is 8. The second kappa shape index (κ2) is 12.9. The lowest BCUT2D eigenvalue weighted by molar-refractivity contribution is -0.116. The van der Waals surface area contributed by atoms with Gasteiger partial charge >= 0.3 is 0 Å². The fourth-order valence-electron chi connectivity index (χ4n) is 6.45. The maximum atomic E-state index is 14.6. The van der Waals surface area contributed by atoms with E-state index in [2.05, 4.69) is 5.32 Å². The lowest BCUT2D eigenvalue weighted by Gasteiger charge is -2.35. The Morgan fingerprint density at radius 2 is 1.33 bits per heavy atom. The number of allylic oxidation sites excluding steroid dienone is 1. The summed E-state index contributed by atoms with van der Waals surface area (Å²) in [6, 6.07) is 25.2. The van der Waals surface area contributed by atoms with Gasteiger partial charge in [-0.2, -0.15) is 0 Å². The van der Waals surface area contributed by atoms with Crippen LogP contribution in [0.5, 0.6) is 28.7 Å². The predicted octanol–water partition coefficient (Wildman–Crippen LogP) is 6.94. The zero-order valence-corrected chi connectivity index (χ0v) is 26.5. The molecule has 4 aromatic rings.